The standard InChI is InChI=1S/C21H18O5/c1-24-19-13-17(5-4-12-22)18(14-20(19)25-2)11-8-15-6-9-16(10-7-15)21(23)26-3/h6-7,9-10,13-14,22H,12H2,1-3H3. The fraction of sp³-hybridized carbons (Fsp3) is 0.190. The van der Waals surface area contributed by atoms with Gasteiger partial charge in [-0.1, -0.05) is 23.7 Å². The number of benzene rings is 2. The number of ether oxygens (including phenoxy) is 3. The zero-order valence-electron chi connectivity index (χ0n) is 14.8. The molecule has 0 aliphatic carbocycles. The van der Waals surface area contributed by atoms with E-state index in [1.54, 1.807) is 43.5 Å². The van der Waals surface area contributed by atoms with E-state index in [-0.39, 0.29) is 6.61 Å². The molecule has 0 heterocycles. The van der Waals surface area contributed by atoms with E-state index >= 15 is 0 Å². The van der Waals surface area contributed by atoms with Crippen LogP contribution in [-0.4, -0.2) is 39.0 Å². The number of esters is 1. The number of aliphatic hydroxyl groups excluding tert-OH is 1. The third-order valence-electron chi connectivity index (χ3n) is 3.47. The number of carbonyl (C=O) groups is 1. The van der Waals surface area contributed by atoms with Gasteiger partial charge in [0.1, 0.15) is 6.61 Å². The Labute approximate surface area is 152 Å². The first-order valence-electron chi connectivity index (χ1n) is 7.69. The molecule has 2 aromatic rings. The molecule has 0 saturated carbocycles. The summed E-state index contributed by atoms with van der Waals surface area (Å²) in [6.07, 6.45) is 0. The maximum Gasteiger partial charge on any atom is 0.337 e. The fourth-order valence-corrected chi connectivity index (χ4v) is 2.17. The van der Waals surface area contributed by atoms with Crippen molar-refractivity contribution >= 4 is 5.97 Å². The summed E-state index contributed by atoms with van der Waals surface area (Å²) in [5.41, 5.74) is 2.45. The molecular weight excluding hydrogens is 332 g/mol. The zero-order chi connectivity index (χ0) is 18.9. The van der Waals surface area contributed by atoms with Crippen molar-refractivity contribution in [2.75, 3.05) is 27.9 Å². The maximum atomic E-state index is 11.5. The van der Waals surface area contributed by atoms with Crippen molar-refractivity contribution in [2.45, 2.75) is 0 Å². The van der Waals surface area contributed by atoms with Crippen LogP contribution < -0.4 is 9.47 Å². The van der Waals surface area contributed by atoms with Gasteiger partial charge in [0.2, 0.25) is 0 Å². The lowest BCUT2D eigenvalue weighted by Crippen LogP contribution is -2.00. The second kappa shape index (κ2) is 9.17. The summed E-state index contributed by atoms with van der Waals surface area (Å²) in [6.45, 7) is -0.254. The highest BCUT2D eigenvalue weighted by atomic mass is 16.5. The van der Waals surface area contributed by atoms with Crippen molar-refractivity contribution in [1.82, 2.24) is 0 Å². The molecule has 0 saturated heterocycles. The normalized spacial score (nSPS) is 9.23. The number of carbonyl (C=O) groups excluding carboxylic acids is 1. The van der Waals surface area contributed by atoms with Crippen LogP contribution in [0.5, 0.6) is 11.5 Å². The van der Waals surface area contributed by atoms with Crippen molar-refractivity contribution in [2.24, 2.45) is 0 Å². The molecule has 0 unspecified atom stereocenters. The van der Waals surface area contributed by atoms with E-state index in [1.165, 1.54) is 14.2 Å². The molecule has 0 radical (unpaired) electrons. The topological polar surface area (TPSA) is 65.0 Å². The van der Waals surface area contributed by atoms with Crippen LogP contribution in [0.4, 0.5) is 0 Å². The number of aliphatic hydroxyl groups is 1. The minimum atomic E-state index is -0.397. The predicted octanol–water partition coefficient (Wildman–Crippen LogP) is 2.23. The van der Waals surface area contributed by atoms with E-state index in [0.29, 0.717) is 28.2 Å². The Morgan fingerprint density at radius 2 is 1.50 bits per heavy atom. The molecule has 5 nitrogen and oxygen atoms in total. The summed E-state index contributed by atoms with van der Waals surface area (Å²) in [4.78, 5) is 11.5. The molecule has 0 fully saturated rings. The van der Waals surface area contributed by atoms with Crippen molar-refractivity contribution in [3.05, 3.63) is 58.7 Å². The van der Waals surface area contributed by atoms with Crippen molar-refractivity contribution < 1.29 is 24.1 Å². The molecule has 132 valence electrons. The number of hydrogen-bond acceptors (Lipinski definition) is 5. The minimum absolute atomic E-state index is 0.254. The summed E-state index contributed by atoms with van der Waals surface area (Å²) in [7, 11) is 4.41. The number of rotatable bonds is 3. The summed E-state index contributed by atoms with van der Waals surface area (Å²) >= 11 is 0. The molecule has 0 aromatic heterocycles. The molecule has 0 spiro atoms. The number of hydrogen-bond donors (Lipinski definition) is 1. The van der Waals surface area contributed by atoms with E-state index in [4.69, 9.17) is 14.6 Å². The van der Waals surface area contributed by atoms with Crippen LogP contribution in [0.3, 0.4) is 0 Å². The average Bonchev–Trinajstić information content (AvgIpc) is 2.70. The number of methoxy groups -OCH3 is 3. The highest BCUT2D eigenvalue weighted by molar-refractivity contribution is 5.89. The quantitative estimate of drug-likeness (QED) is 0.679. The monoisotopic (exact) mass is 350 g/mol. The van der Waals surface area contributed by atoms with Crippen molar-refractivity contribution in [3.8, 4) is 35.2 Å². The molecule has 0 aliphatic heterocycles. The van der Waals surface area contributed by atoms with Crippen LogP contribution in [0.25, 0.3) is 0 Å². The van der Waals surface area contributed by atoms with E-state index in [0.717, 1.165) is 5.56 Å². The van der Waals surface area contributed by atoms with Gasteiger partial charge in [-0.15, -0.1) is 0 Å². The largest absolute Gasteiger partial charge is 0.493 e. The molecule has 2 aromatic carbocycles. The first-order chi connectivity index (χ1) is 12.6. The van der Waals surface area contributed by atoms with Crippen LogP contribution in [-0.2, 0) is 4.74 Å². The lowest BCUT2D eigenvalue weighted by Gasteiger charge is -2.09. The van der Waals surface area contributed by atoms with E-state index < -0.39 is 5.97 Å². The first-order valence-corrected chi connectivity index (χ1v) is 7.69. The third kappa shape index (κ3) is 4.57. The lowest BCUT2D eigenvalue weighted by molar-refractivity contribution is 0.0600. The highest BCUT2D eigenvalue weighted by Crippen LogP contribution is 2.30. The molecule has 5 heteroatoms. The van der Waals surface area contributed by atoms with Crippen LogP contribution in [0.2, 0.25) is 0 Å². The van der Waals surface area contributed by atoms with Crippen LogP contribution in [0.1, 0.15) is 27.0 Å². The van der Waals surface area contributed by atoms with Crippen molar-refractivity contribution in [1.29, 1.82) is 0 Å². The first kappa shape index (κ1) is 18.9. The van der Waals surface area contributed by atoms with Gasteiger partial charge < -0.3 is 19.3 Å². The van der Waals surface area contributed by atoms with Gasteiger partial charge in [0.05, 0.1) is 26.9 Å². The van der Waals surface area contributed by atoms with Gasteiger partial charge in [-0.3, -0.25) is 0 Å². The molecule has 0 amide bonds. The highest BCUT2D eigenvalue weighted by Gasteiger charge is 2.09. The van der Waals surface area contributed by atoms with Gasteiger partial charge in [-0.2, -0.15) is 0 Å². The molecular formula is C21H18O5. The Morgan fingerprint density at radius 1 is 0.923 bits per heavy atom. The van der Waals surface area contributed by atoms with E-state index in [2.05, 4.69) is 28.4 Å². The molecule has 26 heavy (non-hydrogen) atoms. The van der Waals surface area contributed by atoms with Crippen LogP contribution in [0.15, 0.2) is 36.4 Å². The molecule has 1 N–H and O–H groups in total. The Morgan fingerprint density at radius 3 is 2.00 bits per heavy atom. The van der Waals surface area contributed by atoms with Gasteiger partial charge in [0.25, 0.3) is 0 Å². The van der Waals surface area contributed by atoms with Crippen molar-refractivity contribution in [3.63, 3.8) is 0 Å². The summed E-state index contributed by atoms with van der Waals surface area (Å²) in [5.74, 6) is 12.2. The second-order valence-electron chi connectivity index (χ2n) is 5.03. The fourth-order valence-electron chi connectivity index (χ4n) is 2.17. The SMILES string of the molecule is COC(=O)c1ccc(C#Cc2cc(OC)c(OC)cc2C#CCO)cc1. The predicted molar refractivity (Wildman–Crippen MR) is 97.3 cm³/mol. The Balaban J connectivity index is 2.42. The van der Waals surface area contributed by atoms with Gasteiger partial charge >= 0.3 is 5.97 Å². The third-order valence-corrected chi connectivity index (χ3v) is 3.47. The lowest BCUT2D eigenvalue weighted by atomic mass is 10.1. The van der Waals surface area contributed by atoms with Crippen LogP contribution >= 0.6 is 0 Å². The Bertz CT molecular complexity index is 906. The molecule has 0 bridgehead atoms. The summed E-state index contributed by atoms with van der Waals surface area (Å²) < 4.78 is 15.2. The molecule has 0 atom stereocenters. The maximum absolute atomic E-state index is 11.5. The minimum Gasteiger partial charge on any atom is -0.493 e. The summed E-state index contributed by atoms with van der Waals surface area (Å²) in [6, 6.07) is 10.2. The molecule has 2 rings (SSSR count). The van der Waals surface area contributed by atoms with Gasteiger partial charge in [-0.05, 0) is 24.3 Å². The van der Waals surface area contributed by atoms with Gasteiger partial charge in [-0.25, -0.2) is 4.79 Å². The Kier molecular flexibility index (Phi) is 6.68. The average molecular weight is 350 g/mol. The van der Waals surface area contributed by atoms with Crippen LogP contribution in [0, 0.1) is 23.7 Å². The zero-order valence-corrected chi connectivity index (χ0v) is 14.8. The van der Waals surface area contributed by atoms with Gasteiger partial charge in [0, 0.05) is 28.8 Å². The van der Waals surface area contributed by atoms with Gasteiger partial charge in [0.15, 0.2) is 11.5 Å². The summed E-state index contributed by atoms with van der Waals surface area (Å²) in [5, 5.41) is 8.94. The van der Waals surface area contributed by atoms with E-state index in [1.807, 2.05) is 0 Å². The molecule has 0 aliphatic rings. The second-order valence-corrected chi connectivity index (χ2v) is 5.03. The smallest absolute Gasteiger partial charge is 0.337 e. The Hall–Kier alpha value is -3.41. The van der Waals surface area contributed by atoms with E-state index in [9.17, 15) is 4.79 Å².